The number of carbonyl (C=O) groups is 1. The van der Waals surface area contributed by atoms with E-state index in [1.54, 1.807) is 6.92 Å². The van der Waals surface area contributed by atoms with E-state index in [0.717, 1.165) is 12.0 Å². The Morgan fingerprint density at radius 2 is 1.02 bits per heavy atom. The second kappa shape index (κ2) is 23.1. The molecule has 0 saturated heterocycles. The Kier molecular flexibility index (Phi) is 18.6. The average Bonchev–Trinajstić information content (AvgIpc) is 3.91. The predicted molar refractivity (Wildman–Crippen MR) is 232 cm³/mol. The molecule has 3 saturated carbocycles. The zero-order valence-corrected chi connectivity index (χ0v) is 32.5. The molecule has 2 aromatic carbocycles. The predicted octanol–water partition coefficient (Wildman–Crippen LogP) is 13.6. The van der Waals surface area contributed by atoms with Crippen molar-refractivity contribution >= 4 is 24.2 Å². The van der Waals surface area contributed by atoms with Gasteiger partial charge in [-0.25, -0.2) is 4.79 Å². The van der Waals surface area contributed by atoms with E-state index < -0.39 is 0 Å². The SMILES string of the molecule is C=CC1CC(/C=C/COC(=O)C(=C)C)CC1C.C=CC1CC(/C=C/c2ccccc2)CC1C=C.C=Cc1ccc(/C=C/C2CC(C=C)C(C=C)C2)cc1. The molecule has 2 heteroatoms. The number of esters is 1. The molecule has 0 N–H and O–H groups in total. The topological polar surface area (TPSA) is 26.3 Å². The summed E-state index contributed by atoms with van der Waals surface area (Å²) >= 11 is 0. The number of rotatable bonds is 14. The molecule has 2 nitrogen and oxygen atoms in total. The van der Waals surface area contributed by atoms with Gasteiger partial charge in [0.15, 0.2) is 0 Å². The van der Waals surface area contributed by atoms with Crippen molar-refractivity contribution in [3.63, 3.8) is 0 Å². The van der Waals surface area contributed by atoms with Crippen molar-refractivity contribution in [2.24, 2.45) is 53.3 Å². The smallest absolute Gasteiger partial charge is 0.333 e. The van der Waals surface area contributed by atoms with Crippen LogP contribution in [0.25, 0.3) is 18.2 Å². The minimum atomic E-state index is -0.321. The quantitative estimate of drug-likeness (QED) is 0.111. The third kappa shape index (κ3) is 14.3. The summed E-state index contributed by atoms with van der Waals surface area (Å²) in [6.45, 7) is 31.1. The fraction of sp³-hybridized carbons (Fsp3) is 0.353. The molecule has 0 aromatic heterocycles. The molecule has 280 valence electrons. The molecule has 7 unspecified atom stereocenters. The lowest BCUT2D eigenvalue weighted by Crippen LogP contribution is -2.04. The lowest BCUT2D eigenvalue weighted by atomic mass is 9.97. The van der Waals surface area contributed by atoms with Gasteiger partial charge in [0.1, 0.15) is 6.61 Å². The molecule has 0 bridgehead atoms. The Bertz CT molecular complexity index is 1550. The van der Waals surface area contributed by atoms with E-state index in [9.17, 15) is 4.79 Å². The molecule has 0 aliphatic heterocycles. The molecule has 0 heterocycles. The van der Waals surface area contributed by atoms with Gasteiger partial charge in [-0.05, 0) is 115 Å². The Balaban J connectivity index is 0.000000215. The molecular formula is C51H64O2. The highest BCUT2D eigenvalue weighted by Gasteiger charge is 2.30. The monoisotopic (exact) mass is 708 g/mol. The zero-order valence-electron chi connectivity index (χ0n) is 32.5. The lowest BCUT2D eigenvalue weighted by molar-refractivity contribution is -0.137. The number of ether oxygens (including phenoxy) is 1. The van der Waals surface area contributed by atoms with Crippen LogP contribution < -0.4 is 0 Å². The highest BCUT2D eigenvalue weighted by atomic mass is 16.5. The van der Waals surface area contributed by atoms with Crippen LogP contribution in [0.2, 0.25) is 0 Å². The van der Waals surface area contributed by atoms with Gasteiger partial charge < -0.3 is 4.74 Å². The van der Waals surface area contributed by atoms with Gasteiger partial charge in [0.05, 0.1) is 0 Å². The second-order valence-electron chi connectivity index (χ2n) is 15.0. The highest BCUT2D eigenvalue weighted by Crippen LogP contribution is 2.40. The number of hydrogen-bond donors (Lipinski definition) is 0. The molecule has 0 radical (unpaired) electrons. The third-order valence-corrected chi connectivity index (χ3v) is 11.1. The van der Waals surface area contributed by atoms with E-state index in [-0.39, 0.29) is 5.97 Å². The minimum Gasteiger partial charge on any atom is -0.458 e. The first-order valence-corrected chi connectivity index (χ1v) is 19.4. The van der Waals surface area contributed by atoms with E-state index in [4.69, 9.17) is 4.74 Å². The van der Waals surface area contributed by atoms with Crippen LogP contribution >= 0.6 is 0 Å². The zero-order chi connectivity index (χ0) is 38.6. The van der Waals surface area contributed by atoms with Crippen LogP contribution in [0.4, 0.5) is 0 Å². The summed E-state index contributed by atoms with van der Waals surface area (Å²) in [5.41, 5.74) is 4.14. The average molecular weight is 709 g/mol. The maximum atomic E-state index is 11.1. The number of carbonyl (C=O) groups excluding carboxylic acids is 1. The molecule has 7 atom stereocenters. The first-order valence-electron chi connectivity index (χ1n) is 19.4. The maximum absolute atomic E-state index is 11.1. The van der Waals surface area contributed by atoms with E-state index >= 15 is 0 Å². The lowest BCUT2D eigenvalue weighted by Gasteiger charge is -2.08. The number of hydrogen-bond acceptors (Lipinski definition) is 2. The second-order valence-corrected chi connectivity index (χ2v) is 15.0. The van der Waals surface area contributed by atoms with E-state index in [0.29, 0.717) is 65.4 Å². The first-order chi connectivity index (χ1) is 25.6. The fourth-order valence-electron chi connectivity index (χ4n) is 7.80. The van der Waals surface area contributed by atoms with Crippen molar-refractivity contribution in [1.29, 1.82) is 0 Å². The van der Waals surface area contributed by atoms with Crippen molar-refractivity contribution in [3.8, 4) is 0 Å². The first kappa shape index (κ1) is 42.7. The van der Waals surface area contributed by atoms with Crippen LogP contribution in [0.15, 0.2) is 161 Å². The summed E-state index contributed by atoms with van der Waals surface area (Å²) < 4.78 is 5.00. The van der Waals surface area contributed by atoms with Gasteiger partial charge in [0.2, 0.25) is 0 Å². The molecular weight excluding hydrogens is 645 g/mol. The van der Waals surface area contributed by atoms with Gasteiger partial charge in [0, 0.05) is 5.57 Å². The Hall–Kier alpha value is -4.69. The Labute approximate surface area is 322 Å². The van der Waals surface area contributed by atoms with Gasteiger partial charge in [-0.15, -0.1) is 32.9 Å². The van der Waals surface area contributed by atoms with Crippen molar-refractivity contribution in [1.82, 2.24) is 0 Å². The standard InChI is InChI=1S/C19H22.C17H20.C15H22O2/c1-4-15-7-9-16(10-8-15)11-12-17-13-18(5-2)19(6-3)14-17;1-3-16-12-15(13-17(16)4-2)11-10-14-8-6-5-7-9-14;1-5-14-10-13(9-12(14)4)7-6-8-17-15(16)11(2)3/h4-12,17-19H,1-3,13-14H2;3-11,15-17H,1-2,12-13H2;5-7,12-14H,1-2,8-10H2,3-4H3/b12-11+;11-10+;7-6+. The van der Waals surface area contributed by atoms with Crippen LogP contribution in [0.1, 0.15) is 69.1 Å². The molecule has 3 fully saturated rings. The van der Waals surface area contributed by atoms with Gasteiger partial charge in [-0.3, -0.25) is 0 Å². The van der Waals surface area contributed by atoms with Crippen molar-refractivity contribution < 1.29 is 9.53 Å². The molecule has 0 spiro atoms. The van der Waals surface area contributed by atoms with Gasteiger partial charge in [-0.2, -0.15) is 0 Å². The summed E-state index contributed by atoms with van der Waals surface area (Å²) in [5.74, 6) is 5.32. The van der Waals surface area contributed by atoms with Crippen LogP contribution in [0.5, 0.6) is 0 Å². The summed E-state index contributed by atoms with van der Waals surface area (Å²) in [4.78, 5) is 11.1. The van der Waals surface area contributed by atoms with E-state index in [2.05, 4.69) is 162 Å². The molecule has 3 aliphatic carbocycles. The van der Waals surface area contributed by atoms with Crippen molar-refractivity contribution in [3.05, 3.63) is 178 Å². The Morgan fingerprint density at radius 1 is 0.604 bits per heavy atom. The minimum absolute atomic E-state index is 0.321. The normalized spacial score (nSPS) is 27.6. The summed E-state index contributed by atoms with van der Waals surface area (Å²) in [5, 5.41) is 0. The molecule has 53 heavy (non-hydrogen) atoms. The van der Waals surface area contributed by atoms with Crippen LogP contribution in [-0.4, -0.2) is 12.6 Å². The van der Waals surface area contributed by atoms with Gasteiger partial charge in [0.25, 0.3) is 0 Å². The number of benzene rings is 2. The third-order valence-electron chi connectivity index (χ3n) is 11.1. The molecule has 2 aromatic rings. The van der Waals surface area contributed by atoms with Crippen molar-refractivity contribution in [2.45, 2.75) is 52.4 Å². The van der Waals surface area contributed by atoms with E-state index in [1.165, 1.54) is 43.2 Å². The summed E-state index contributed by atoms with van der Waals surface area (Å²) in [6, 6.07) is 19.0. The molecule has 3 aliphatic rings. The van der Waals surface area contributed by atoms with Crippen LogP contribution in [0.3, 0.4) is 0 Å². The highest BCUT2D eigenvalue weighted by molar-refractivity contribution is 5.86. The molecule has 5 rings (SSSR count). The van der Waals surface area contributed by atoms with E-state index in [1.807, 2.05) is 18.2 Å². The van der Waals surface area contributed by atoms with Crippen molar-refractivity contribution in [2.75, 3.05) is 6.61 Å². The molecule has 0 amide bonds. The fourth-order valence-corrected chi connectivity index (χ4v) is 7.80. The van der Waals surface area contributed by atoms with Crippen LogP contribution in [-0.2, 0) is 9.53 Å². The van der Waals surface area contributed by atoms with Crippen LogP contribution in [0, 0.1) is 53.3 Å². The summed E-state index contributed by atoms with van der Waals surface area (Å²) in [6.07, 6.45) is 32.7. The van der Waals surface area contributed by atoms with Gasteiger partial charge >= 0.3 is 5.97 Å². The largest absolute Gasteiger partial charge is 0.458 e. The number of allylic oxidation sites excluding steroid dienone is 8. The maximum Gasteiger partial charge on any atom is 0.333 e. The van der Waals surface area contributed by atoms with Gasteiger partial charge in [-0.1, -0.05) is 148 Å². The Morgan fingerprint density at radius 3 is 1.43 bits per heavy atom. The summed E-state index contributed by atoms with van der Waals surface area (Å²) in [7, 11) is 0.